The summed E-state index contributed by atoms with van der Waals surface area (Å²) in [7, 11) is 0. The van der Waals surface area contributed by atoms with Crippen molar-refractivity contribution in [2.45, 2.75) is 6.54 Å². The number of pyridine rings is 1. The fourth-order valence-corrected chi connectivity index (χ4v) is 5.56. The number of thiazole rings is 1. The van der Waals surface area contributed by atoms with Gasteiger partial charge < -0.3 is 10.2 Å². The van der Waals surface area contributed by atoms with Gasteiger partial charge in [-0.3, -0.25) is 19.5 Å². The van der Waals surface area contributed by atoms with Crippen LogP contribution < -0.4 is 5.32 Å². The van der Waals surface area contributed by atoms with Gasteiger partial charge in [-0.2, -0.15) is 0 Å². The summed E-state index contributed by atoms with van der Waals surface area (Å²) in [4.78, 5) is 38.8. The Morgan fingerprint density at radius 1 is 0.846 bits per heavy atom. The van der Waals surface area contributed by atoms with Crippen LogP contribution in [0.5, 0.6) is 0 Å². The standard InChI is InChI=1S/C31H27N5O2S/c37-30(34-25-10-12-29-28(19-25)33-21-39-29)23-9-11-26(22-6-2-1-3-7-22)24(18-23)20-35-14-16-36(17-15-35)31(38)27-8-4-5-13-32-27/h1-13,18-19,21H,14-17,20H2,(H,34,37). The molecular weight excluding hydrogens is 506 g/mol. The molecule has 3 heterocycles. The van der Waals surface area contributed by atoms with E-state index in [1.165, 1.54) is 0 Å². The first-order valence-corrected chi connectivity index (χ1v) is 13.8. The van der Waals surface area contributed by atoms with Crippen molar-refractivity contribution in [3.05, 3.63) is 113 Å². The smallest absolute Gasteiger partial charge is 0.272 e. The Kier molecular flexibility index (Phi) is 7.12. The van der Waals surface area contributed by atoms with Crippen LogP contribution in [0.1, 0.15) is 26.4 Å². The van der Waals surface area contributed by atoms with E-state index in [9.17, 15) is 9.59 Å². The zero-order chi connectivity index (χ0) is 26.6. The zero-order valence-electron chi connectivity index (χ0n) is 21.3. The molecule has 194 valence electrons. The minimum Gasteiger partial charge on any atom is -0.335 e. The quantitative estimate of drug-likeness (QED) is 0.309. The summed E-state index contributed by atoms with van der Waals surface area (Å²) in [6.45, 7) is 3.44. The SMILES string of the molecule is O=C(Nc1ccc2scnc2c1)c1ccc(-c2ccccc2)c(CN2CCN(C(=O)c3ccccn3)CC2)c1. The third-order valence-corrected chi connectivity index (χ3v) is 7.79. The molecule has 1 aliphatic heterocycles. The predicted octanol–water partition coefficient (Wildman–Crippen LogP) is 5.57. The molecule has 2 aromatic heterocycles. The van der Waals surface area contributed by atoms with Gasteiger partial charge in [-0.05, 0) is 59.2 Å². The summed E-state index contributed by atoms with van der Waals surface area (Å²) in [6, 6.07) is 27.3. The Bertz CT molecular complexity index is 1610. The van der Waals surface area contributed by atoms with Crippen LogP contribution >= 0.6 is 11.3 Å². The number of piperazine rings is 1. The molecule has 1 aliphatic rings. The van der Waals surface area contributed by atoms with Crippen LogP contribution in [0, 0.1) is 0 Å². The number of nitrogens with one attached hydrogen (secondary N) is 1. The highest BCUT2D eigenvalue weighted by Gasteiger charge is 2.24. The molecule has 0 spiro atoms. The summed E-state index contributed by atoms with van der Waals surface area (Å²) in [5, 5.41) is 3.03. The van der Waals surface area contributed by atoms with Gasteiger partial charge in [0.25, 0.3) is 11.8 Å². The number of rotatable bonds is 6. The second-order valence-electron chi connectivity index (χ2n) is 9.51. The molecule has 0 radical (unpaired) electrons. The molecule has 2 amide bonds. The van der Waals surface area contributed by atoms with E-state index in [1.54, 1.807) is 29.1 Å². The topological polar surface area (TPSA) is 78.4 Å². The average molecular weight is 534 g/mol. The molecule has 8 heteroatoms. The normalized spacial score (nSPS) is 13.9. The van der Waals surface area contributed by atoms with Crippen molar-refractivity contribution in [2.75, 3.05) is 31.5 Å². The number of amides is 2. The van der Waals surface area contributed by atoms with Crippen molar-refractivity contribution >= 4 is 39.1 Å². The molecule has 6 rings (SSSR count). The van der Waals surface area contributed by atoms with Gasteiger partial charge in [0.2, 0.25) is 0 Å². The number of aromatic nitrogens is 2. The van der Waals surface area contributed by atoms with Gasteiger partial charge in [0.05, 0.1) is 15.7 Å². The molecule has 0 aliphatic carbocycles. The first kappa shape index (κ1) is 24.9. The first-order valence-electron chi connectivity index (χ1n) is 12.9. The number of benzene rings is 3. The highest BCUT2D eigenvalue weighted by atomic mass is 32.1. The van der Waals surface area contributed by atoms with Gasteiger partial charge in [0.15, 0.2) is 0 Å². The Morgan fingerprint density at radius 2 is 1.67 bits per heavy atom. The van der Waals surface area contributed by atoms with Gasteiger partial charge in [0.1, 0.15) is 5.69 Å². The van der Waals surface area contributed by atoms with E-state index in [4.69, 9.17) is 0 Å². The second kappa shape index (κ2) is 11.1. The van der Waals surface area contributed by atoms with Crippen LogP contribution in [-0.2, 0) is 6.54 Å². The van der Waals surface area contributed by atoms with E-state index < -0.39 is 0 Å². The van der Waals surface area contributed by atoms with Crippen molar-refractivity contribution in [1.29, 1.82) is 0 Å². The molecular formula is C31H27N5O2S. The van der Waals surface area contributed by atoms with Gasteiger partial charge in [0, 0.05) is 50.2 Å². The van der Waals surface area contributed by atoms with E-state index in [2.05, 4.69) is 32.3 Å². The average Bonchev–Trinajstić information content (AvgIpc) is 3.46. The van der Waals surface area contributed by atoms with E-state index >= 15 is 0 Å². The molecule has 7 nitrogen and oxygen atoms in total. The number of hydrogen-bond donors (Lipinski definition) is 1. The van der Waals surface area contributed by atoms with Gasteiger partial charge in [-0.1, -0.05) is 42.5 Å². The van der Waals surface area contributed by atoms with E-state index in [1.807, 2.05) is 71.6 Å². The number of fused-ring (bicyclic) bond motifs is 1. The Hall–Kier alpha value is -4.40. The Morgan fingerprint density at radius 3 is 2.46 bits per heavy atom. The van der Waals surface area contributed by atoms with Gasteiger partial charge in [-0.25, -0.2) is 4.98 Å². The highest BCUT2D eigenvalue weighted by Crippen LogP contribution is 2.27. The van der Waals surface area contributed by atoms with E-state index in [-0.39, 0.29) is 11.8 Å². The molecule has 39 heavy (non-hydrogen) atoms. The number of carbonyl (C=O) groups is 2. The zero-order valence-corrected chi connectivity index (χ0v) is 22.1. The summed E-state index contributed by atoms with van der Waals surface area (Å²) in [5.41, 5.74) is 7.77. The largest absolute Gasteiger partial charge is 0.335 e. The Balaban J connectivity index is 1.20. The lowest BCUT2D eigenvalue weighted by Gasteiger charge is -2.35. The molecule has 0 unspecified atom stereocenters. The summed E-state index contributed by atoms with van der Waals surface area (Å²) in [6.07, 6.45) is 1.65. The molecule has 0 atom stereocenters. The van der Waals surface area contributed by atoms with E-state index in [0.29, 0.717) is 30.9 Å². The number of hydrogen-bond acceptors (Lipinski definition) is 6. The van der Waals surface area contributed by atoms with Crippen molar-refractivity contribution < 1.29 is 9.59 Å². The van der Waals surface area contributed by atoms with Crippen LogP contribution in [0.4, 0.5) is 5.69 Å². The monoisotopic (exact) mass is 533 g/mol. The minimum absolute atomic E-state index is 0.0327. The lowest BCUT2D eigenvalue weighted by atomic mass is 9.96. The molecule has 1 N–H and O–H groups in total. The van der Waals surface area contributed by atoms with Crippen LogP contribution in [0.25, 0.3) is 21.3 Å². The molecule has 0 bridgehead atoms. The number of anilines is 1. The fraction of sp³-hybridized carbons (Fsp3) is 0.161. The van der Waals surface area contributed by atoms with Gasteiger partial charge in [-0.15, -0.1) is 11.3 Å². The Labute approximate surface area is 230 Å². The molecule has 0 saturated carbocycles. The number of nitrogens with zero attached hydrogens (tertiary/aromatic N) is 4. The maximum Gasteiger partial charge on any atom is 0.272 e. The second-order valence-corrected chi connectivity index (χ2v) is 10.4. The summed E-state index contributed by atoms with van der Waals surface area (Å²) < 4.78 is 1.09. The molecule has 1 saturated heterocycles. The van der Waals surface area contributed by atoms with Gasteiger partial charge >= 0.3 is 0 Å². The molecule has 3 aromatic carbocycles. The van der Waals surface area contributed by atoms with Crippen LogP contribution in [-0.4, -0.2) is 57.8 Å². The maximum atomic E-state index is 13.2. The van der Waals surface area contributed by atoms with Crippen molar-refractivity contribution in [3.8, 4) is 11.1 Å². The lowest BCUT2D eigenvalue weighted by Crippen LogP contribution is -2.48. The molecule has 1 fully saturated rings. The maximum absolute atomic E-state index is 13.2. The van der Waals surface area contributed by atoms with Crippen LogP contribution in [0.15, 0.2) is 96.6 Å². The van der Waals surface area contributed by atoms with Crippen LogP contribution in [0.3, 0.4) is 0 Å². The summed E-state index contributed by atoms with van der Waals surface area (Å²) >= 11 is 1.58. The fourth-order valence-electron chi connectivity index (χ4n) is 4.91. The van der Waals surface area contributed by atoms with Crippen molar-refractivity contribution in [2.24, 2.45) is 0 Å². The first-order chi connectivity index (χ1) is 19.1. The third kappa shape index (κ3) is 5.57. The van der Waals surface area contributed by atoms with E-state index in [0.717, 1.165) is 45.7 Å². The minimum atomic E-state index is -0.156. The molecule has 5 aromatic rings. The predicted molar refractivity (Wildman–Crippen MR) is 155 cm³/mol. The van der Waals surface area contributed by atoms with Crippen molar-refractivity contribution in [3.63, 3.8) is 0 Å². The number of carbonyl (C=O) groups excluding carboxylic acids is 2. The highest BCUT2D eigenvalue weighted by molar-refractivity contribution is 7.16. The van der Waals surface area contributed by atoms with Crippen LogP contribution in [0.2, 0.25) is 0 Å². The summed E-state index contributed by atoms with van der Waals surface area (Å²) in [5.74, 6) is -0.189. The van der Waals surface area contributed by atoms with Crippen molar-refractivity contribution in [1.82, 2.24) is 19.8 Å². The lowest BCUT2D eigenvalue weighted by molar-refractivity contribution is 0.0622. The third-order valence-electron chi connectivity index (χ3n) is 6.98.